The van der Waals surface area contributed by atoms with Crippen LogP contribution in [0.5, 0.6) is 0 Å². The van der Waals surface area contributed by atoms with E-state index < -0.39 is 0 Å². The van der Waals surface area contributed by atoms with Gasteiger partial charge in [-0.25, -0.2) is 0 Å². The Labute approximate surface area is 167 Å². The summed E-state index contributed by atoms with van der Waals surface area (Å²) in [6.45, 7) is 0. The van der Waals surface area contributed by atoms with Crippen LogP contribution >= 0.6 is 45.3 Å². The predicted octanol–water partition coefficient (Wildman–Crippen LogP) is 8.33. The molecule has 0 aliphatic rings. The second-order valence-corrected chi connectivity index (χ2v) is 10.9. The first-order valence-corrected chi connectivity index (χ1v) is 12.0. The third kappa shape index (κ3) is 2.44. The van der Waals surface area contributed by atoms with Crippen molar-refractivity contribution in [3.63, 3.8) is 0 Å². The van der Waals surface area contributed by atoms with E-state index in [2.05, 4.69) is 60.0 Å². The minimum atomic E-state index is 1.14. The maximum absolute atomic E-state index is 2.42. The standard InChI is InChI=1S/C22H14S4/c1-2-4-14-11-19-15(9-13(14)3-1)10-16(24-19)5-6-17-12-20-22(25-17)21-18(26-20)7-8-23-21/h1-4,7-12H,5-6H2. The zero-order valence-electron chi connectivity index (χ0n) is 13.8. The molecule has 0 amide bonds. The molecule has 0 spiro atoms. The lowest BCUT2D eigenvalue weighted by Gasteiger charge is -1.96. The Kier molecular flexibility index (Phi) is 3.48. The smallest absolute Gasteiger partial charge is 0.0632 e. The van der Waals surface area contributed by atoms with Crippen LogP contribution in [0.1, 0.15) is 9.75 Å². The van der Waals surface area contributed by atoms with E-state index in [1.807, 2.05) is 45.3 Å². The Morgan fingerprint density at radius 1 is 0.577 bits per heavy atom. The van der Waals surface area contributed by atoms with Gasteiger partial charge in [0.15, 0.2) is 0 Å². The highest BCUT2D eigenvalue weighted by atomic mass is 32.1. The maximum Gasteiger partial charge on any atom is 0.0632 e. The van der Waals surface area contributed by atoms with Crippen LogP contribution in [0.2, 0.25) is 0 Å². The van der Waals surface area contributed by atoms with Gasteiger partial charge in [-0.15, -0.1) is 45.3 Å². The molecule has 0 fully saturated rings. The summed E-state index contributed by atoms with van der Waals surface area (Å²) in [6, 6.07) is 20.4. The monoisotopic (exact) mass is 406 g/mol. The molecule has 2 aromatic carbocycles. The van der Waals surface area contributed by atoms with Gasteiger partial charge < -0.3 is 0 Å². The molecular weight excluding hydrogens is 393 g/mol. The third-order valence-corrected chi connectivity index (χ3v) is 9.65. The largest absolute Gasteiger partial charge is 0.141 e. The molecule has 0 atom stereocenters. The number of rotatable bonds is 3. The fourth-order valence-electron chi connectivity index (χ4n) is 3.59. The molecule has 0 aliphatic carbocycles. The van der Waals surface area contributed by atoms with Gasteiger partial charge in [-0.1, -0.05) is 24.3 Å². The van der Waals surface area contributed by atoms with E-state index in [4.69, 9.17) is 0 Å². The normalized spacial score (nSPS) is 12.2. The molecular formula is C22H14S4. The first-order valence-electron chi connectivity index (χ1n) is 8.63. The van der Waals surface area contributed by atoms with Crippen molar-refractivity contribution in [3.8, 4) is 0 Å². The molecule has 0 aliphatic heterocycles. The molecule has 0 nitrogen and oxygen atoms in total. The average Bonchev–Trinajstić information content (AvgIpc) is 3.38. The zero-order chi connectivity index (χ0) is 17.1. The molecule has 0 saturated heterocycles. The van der Waals surface area contributed by atoms with Crippen LogP contribution in [-0.2, 0) is 12.8 Å². The Balaban J connectivity index is 1.31. The fraction of sp³-hybridized carbons (Fsp3) is 0.0909. The first kappa shape index (κ1) is 15.3. The van der Waals surface area contributed by atoms with Crippen molar-refractivity contribution in [3.05, 3.63) is 69.7 Å². The highest BCUT2D eigenvalue weighted by molar-refractivity contribution is 7.38. The van der Waals surface area contributed by atoms with Crippen molar-refractivity contribution in [1.82, 2.24) is 0 Å². The molecule has 0 N–H and O–H groups in total. The van der Waals surface area contributed by atoms with Crippen LogP contribution in [0.3, 0.4) is 0 Å². The van der Waals surface area contributed by atoms with Crippen LogP contribution in [0.15, 0.2) is 60.0 Å². The SMILES string of the molecule is c1ccc2cc3sc(CCc4cc5sc6ccsc6c5s4)cc3cc2c1. The molecule has 0 saturated carbocycles. The van der Waals surface area contributed by atoms with Crippen LogP contribution in [0.25, 0.3) is 39.7 Å². The van der Waals surface area contributed by atoms with Crippen molar-refractivity contribution in [2.75, 3.05) is 0 Å². The van der Waals surface area contributed by atoms with E-state index in [0.29, 0.717) is 0 Å². The first-order chi connectivity index (χ1) is 12.8. The predicted molar refractivity (Wildman–Crippen MR) is 122 cm³/mol. The summed E-state index contributed by atoms with van der Waals surface area (Å²) in [5, 5.41) is 6.27. The molecule has 4 heteroatoms. The molecule has 0 radical (unpaired) electrons. The van der Waals surface area contributed by atoms with Gasteiger partial charge in [0.2, 0.25) is 0 Å². The van der Waals surface area contributed by atoms with Gasteiger partial charge in [0, 0.05) is 23.9 Å². The maximum atomic E-state index is 2.42. The number of hydrogen-bond donors (Lipinski definition) is 0. The molecule has 6 rings (SSSR count). The van der Waals surface area contributed by atoms with Gasteiger partial charge in [-0.3, -0.25) is 0 Å². The second-order valence-electron chi connectivity index (χ2n) is 6.57. The summed E-state index contributed by atoms with van der Waals surface area (Å²) in [6.07, 6.45) is 2.28. The van der Waals surface area contributed by atoms with Crippen molar-refractivity contribution in [2.24, 2.45) is 0 Å². The van der Waals surface area contributed by atoms with Crippen LogP contribution < -0.4 is 0 Å². The molecule has 26 heavy (non-hydrogen) atoms. The molecule has 126 valence electrons. The zero-order valence-corrected chi connectivity index (χ0v) is 17.1. The van der Waals surface area contributed by atoms with Gasteiger partial charge >= 0.3 is 0 Å². The minimum absolute atomic E-state index is 1.14. The summed E-state index contributed by atoms with van der Waals surface area (Å²) < 4.78 is 7.30. The van der Waals surface area contributed by atoms with Crippen LogP contribution in [0, 0.1) is 0 Å². The molecule has 4 aromatic heterocycles. The van der Waals surface area contributed by atoms with Gasteiger partial charge in [0.1, 0.15) is 0 Å². The number of benzene rings is 2. The lowest BCUT2D eigenvalue weighted by atomic mass is 10.1. The van der Waals surface area contributed by atoms with E-state index in [-0.39, 0.29) is 0 Å². The lowest BCUT2D eigenvalue weighted by Crippen LogP contribution is -1.83. The molecule has 4 heterocycles. The van der Waals surface area contributed by atoms with Gasteiger partial charge in [-0.05, 0) is 64.7 Å². The van der Waals surface area contributed by atoms with Crippen LogP contribution in [-0.4, -0.2) is 0 Å². The summed E-state index contributed by atoms with van der Waals surface area (Å²) in [5.74, 6) is 0. The number of thiophene rings is 4. The highest BCUT2D eigenvalue weighted by Gasteiger charge is 2.11. The Bertz CT molecular complexity index is 1340. The van der Waals surface area contributed by atoms with Crippen LogP contribution in [0.4, 0.5) is 0 Å². The van der Waals surface area contributed by atoms with Crippen molar-refractivity contribution in [1.29, 1.82) is 0 Å². The summed E-state index contributed by atoms with van der Waals surface area (Å²) in [5.41, 5.74) is 0. The van der Waals surface area contributed by atoms with E-state index in [1.54, 1.807) is 0 Å². The topological polar surface area (TPSA) is 0 Å². The van der Waals surface area contributed by atoms with E-state index in [9.17, 15) is 0 Å². The summed E-state index contributed by atoms with van der Waals surface area (Å²) >= 11 is 7.76. The van der Waals surface area contributed by atoms with Gasteiger partial charge in [-0.2, -0.15) is 0 Å². The number of aryl methyl sites for hydroxylation is 2. The summed E-state index contributed by atoms with van der Waals surface area (Å²) in [4.78, 5) is 3.01. The van der Waals surface area contributed by atoms with E-state index >= 15 is 0 Å². The van der Waals surface area contributed by atoms with Gasteiger partial charge in [0.25, 0.3) is 0 Å². The third-order valence-electron chi connectivity index (χ3n) is 4.86. The molecule has 0 bridgehead atoms. The Hall–Kier alpha value is -1.72. The van der Waals surface area contributed by atoms with Crippen molar-refractivity contribution < 1.29 is 0 Å². The Morgan fingerprint density at radius 2 is 1.38 bits per heavy atom. The van der Waals surface area contributed by atoms with Gasteiger partial charge in [0.05, 0.1) is 9.40 Å². The second kappa shape index (κ2) is 5.89. The summed E-state index contributed by atoms with van der Waals surface area (Å²) in [7, 11) is 0. The van der Waals surface area contributed by atoms with Crippen molar-refractivity contribution >= 4 is 85.0 Å². The molecule has 0 unspecified atom stereocenters. The quantitative estimate of drug-likeness (QED) is 0.277. The lowest BCUT2D eigenvalue weighted by molar-refractivity contribution is 1.01. The molecule has 6 aromatic rings. The average molecular weight is 407 g/mol. The number of hydrogen-bond acceptors (Lipinski definition) is 4. The fourth-order valence-corrected chi connectivity index (χ4v) is 8.48. The number of fused-ring (bicyclic) bond motifs is 5. The highest BCUT2D eigenvalue weighted by Crippen LogP contribution is 2.42. The minimum Gasteiger partial charge on any atom is -0.141 e. The Morgan fingerprint density at radius 3 is 2.27 bits per heavy atom. The van der Waals surface area contributed by atoms with Crippen molar-refractivity contribution in [2.45, 2.75) is 12.8 Å². The van der Waals surface area contributed by atoms with E-state index in [1.165, 1.54) is 49.4 Å². The van der Waals surface area contributed by atoms with E-state index in [0.717, 1.165) is 12.8 Å².